The van der Waals surface area contributed by atoms with Crippen LogP contribution in [0.3, 0.4) is 0 Å². The lowest BCUT2D eigenvalue weighted by Gasteiger charge is -2.17. The third-order valence-electron chi connectivity index (χ3n) is 9.02. The number of urea groups is 1. The van der Waals surface area contributed by atoms with Crippen molar-refractivity contribution in [2.75, 3.05) is 23.8 Å². The van der Waals surface area contributed by atoms with Crippen LogP contribution in [0.5, 0.6) is 0 Å². The van der Waals surface area contributed by atoms with Crippen LogP contribution >= 0.6 is 11.6 Å². The standard InChI is InChI=1S/C34H28ClN7O2/c1-40-32(43)18-42(34(40)44)31-10-22(19-2-3-19)16-41-17-25(38-33(31)41)15-37-24-8-5-20-6-9-29(39-30(20)12-24)28-13-27(28)26-11-23(35)7-4-21(26)14-36/h4-12,16-17,19,27-28,37H,2-3,13,15,18H2,1H3/t27-,28+/m1/s1. The number of likely N-dealkylation sites (N-methyl/N-ethyl adjacent to an activating group) is 1. The van der Waals surface area contributed by atoms with Crippen molar-refractivity contribution >= 4 is 51.5 Å². The number of carbonyl (C=O) groups is 2. The van der Waals surface area contributed by atoms with Crippen molar-refractivity contribution in [2.24, 2.45) is 0 Å². The number of anilines is 2. The largest absolute Gasteiger partial charge is 0.379 e. The fraction of sp³-hybridized carbons (Fsp3) is 0.265. The van der Waals surface area contributed by atoms with E-state index in [-0.39, 0.29) is 30.3 Å². The van der Waals surface area contributed by atoms with E-state index >= 15 is 0 Å². The minimum absolute atomic E-state index is 0.0197. The molecule has 218 valence electrons. The summed E-state index contributed by atoms with van der Waals surface area (Å²) in [5, 5.41) is 14.7. The Labute approximate surface area is 258 Å². The average Bonchev–Trinajstić information content (AvgIpc) is 3.96. The molecule has 4 heterocycles. The van der Waals surface area contributed by atoms with E-state index in [0.717, 1.165) is 63.3 Å². The van der Waals surface area contributed by atoms with Gasteiger partial charge in [-0.1, -0.05) is 23.7 Å². The SMILES string of the molecule is CN1C(=O)CN(c2cc(C3CC3)cn3cc(CNc4ccc5ccc([C@H]6C[C@@H]6c6cc(Cl)ccc6C#N)nc5c4)nc23)C1=O. The van der Waals surface area contributed by atoms with Crippen molar-refractivity contribution in [1.82, 2.24) is 19.3 Å². The van der Waals surface area contributed by atoms with Crippen LogP contribution in [0.1, 0.15) is 65.1 Å². The molecule has 44 heavy (non-hydrogen) atoms. The van der Waals surface area contributed by atoms with Crippen molar-refractivity contribution in [3.05, 3.63) is 100 Å². The Bertz CT molecular complexity index is 2060. The predicted octanol–water partition coefficient (Wildman–Crippen LogP) is 6.57. The van der Waals surface area contributed by atoms with Gasteiger partial charge < -0.3 is 9.72 Å². The van der Waals surface area contributed by atoms with Crippen LogP contribution in [0.15, 0.2) is 67.0 Å². The third kappa shape index (κ3) is 4.63. The van der Waals surface area contributed by atoms with E-state index in [1.807, 2.05) is 34.9 Å². The molecule has 1 saturated heterocycles. The number of rotatable bonds is 7. The van der Waals surface area contributed by atoms with Crippen molar-refractivity contribution in [1.29, 1.82) is 5.26 Å². The summed E-state index contributed by atoms with van der Waals surface area (Å²) in [5.74, 6) is 0.754. The zero-order valence-electron chi connectivity index (χ0n) is 24.0. The van der Waals surface area contributed by atoms with Crippen molar-refractivity contribution in [3.8, 4) is 6.07 Å². The lowest BCUT2D eigenvalue weighted by atomic mass is 10.0. The molecule has 9 nitrogen and oxygen atoms in total. The summed E-state index contributed by atoms with van der Waals surface area (Å²) >= 11 is 6.24. The predicted molar refractivity (Wildman–Crippen MR) is 168 cm³/mol. The van der Waals surface area contributed by atoms with E-state index < -0.39 is 0 Å². The third-order valence-corrected chi connectivity index (χ3v) is 9.25. The molecule has 5 aromatic rings. The number of nitrogens with one attached hydrogen (secondary N) is 1. The number of nitriles is 1. The second-order valence-corrected chi connectivity index (χ2v) is 12.4. The van der Waals surface area contributed by atoms with Gasteiger partial charge >= 0.3 is 6.03 Å². The summed E-state index contributed by atoms with van der Waals surface area (Å²) in [5.41, 5.74) is 7.82. The van der Waals surface area contributed by atoms with Gasteiger partial charge in [0.15, 0.2) is 5.65 Å². The highest BCUT2D eigenvalue weighted by atomic mass is 35.5. The first kappa shape index (κ1) is 26.7. The van der Waals surface area contributed by atoms with Crippen LogP contribution in [0.4, 0.5) is 16.2 Å². The summed E-state index contributed by atoms with van der Waals surface area (Å²) in [6.07, 6.45) is 7.27. The Morgan fingerprint density at radius 1 is 1.02 bits per heavy atom. The van der Waals surface area contributed by atoms with Gasteiger partial charge in [-0.25, -0.2) is 9.78 Å². The molecule has 1 aliphatic heterocycles. The summed E-state index contributed by atoms with van der Waals surface area (Å²) in [6.45, 7) is 0.500. The van der Waals surface area contributed by atoms with Crippen LogP contribution in [0, 0.1) is 11.3 Å². The van der Waals surface area contributed by atoms with E-state index in [1.165, 1.54) is 11.9 Å². The summed E-state index contributed by atoms with van der Waals surface area (Å²) < 4.78 is 1.98. The second-order valence-electron chi connectivity index (χ2n) is 12.0. The van der Waals surface area contributed by atoms with E-state index in [2.05, 4.69) is 35.8 Å². The summed E-state index contributed by atoms with van der Waals surface area (Å²) in [7, 11) is 1.52. The molecule has 2 atom stereocenters. The number of fused-ring (bicyclic) bond motifs is 2. The van der Waals surface area contributed by atoms with Crippen molar-refractivity contribution in [2.45, 2.75) is 43.6 Å². The van der Waals surface area contributed by atoms with Crippen LogP contribution in [0.2, 0.25) is 5.02 Å². The van der Waals surface area contributed by atoms with E-state index in [9.17, 15) is 14.9 Å². The monoisotopic (exact) mass is 601 g/mol. The highest BCUT2D eigenvalue weighted by Crippen LogP contribution is 2.55. The van der Waals surface area contributed by atoms with Gasteiger partial charge in [0, 0.05) is 47.1 Å². The van der Waals surface area contributed by atoms with Gasteiger partial charge in [0.1, 0.15) is 6.54 Å². The Morgan fingerprint density at radius 2 is 1.86 bits per heavy atom. The lowest BCUT2D eigenvalue weighted by molar-refractivity contribution is -0.123. The zero-order valence-corrected chi connectivity index (χ0v) is 24.8. The molecule has 0 bridgehead atoms. The molecule has 1 N–H and O–H groups in total. The number of pyridine rings is 2. The molecular formula is C34H28ClN7O2. The van der Waals surface area contributed by atoms with Gasteiger partial charge in [0.25, 0.3) is 0 Å². The molecule has 0 spiro atoms. The fourth-order valence-corrected chi connectivity index (χ4v) is 6.49. The first-order valence-corrected chi connectivity index (χ1v) is 15.2. The van der Waals surface area contributed by atoms with Crippen molar-refractivity contribution in [3.63, 3.8) is 0 Å². The molecule has 8 rings (SSSR count). The highest BCUT2D eigenvalue weighted by molar-refractivity contribution is 6.30. The zero-order chi connectivity index (χ0) is 30.1. The summed E-state index contributed by atoms with van der Waals surface area (Å²) in [4.78, 5) is 37.7. The quantitative estimate of drug-likeness (QED) is 0.212. The number of halogens is 1. The summed E-state index contributed by atoms with van der Waals surface area (Å²) in [6, 6.07) is 19.8. The van der Waals surface area contributed by atoms with E-state index in [0.29, 0.717) is 34.4 Å². The molecular weight excluding hydrogens is 574 g/mol. The number of hydrogen-bond donors (Lipinski definition) is 1. The fourth-order valence-electron chi connectivity index (χ4n) is 6.31. The second kappa shape index (κ2) is 10.1. The maximum atomic E-state index is 12.8. The first-order chi connectivity index (χ1) is 21.4. The molecule has 2 saturated carbocycles. The number of amides is 3. The molecule has 10 heteroatoms. The molecule has 0 unspecified atom stereocenters. The van der Waals surface area contributed by atoms with Gasteiger partial charge in [-0.3, -0.25) is 19.6 Å². The van der Waals surface area contributed by atoms with Gasteiger partial charge in [-0.05, 0) is 84.7 Å². The Hall–Kier alpha value is -4.94. The lowest BCUT2D eigenvalue weighted by Crippen LogP contribution is -2.30. The molecule has 2 aliphatic carbocycles. The Kier molecular flexibility index (Phi) is 6.10. The van der Waals surface area contributed by atoms with Crippen LogP contribution in [-0.4, -0.2) is 44.8 Å². The average molecular weight is 602 g/mol. The highest BCUT2D eigenvalue weighted by Gasteiger charge is 2.42. The molecule has 3 aromatic heterocycles. The maximum Gasteiger partial charge on any atom is 0.331 e. The minimum atomic E-state index is -0.328. The van der Waals surface area contributed by atoms with Crippen LogP contribution in [-0.2, 0) is 11.3 Å². The molecule has 3 fully saturated rings. The molecule has 2 aromatic carbocycles. The minimum Gasteiger partial charge on any atom is -0.379 e. The first-order valence-electron chi connectivity index (χ1n) is 14.8. The molecule has 3 amide bonds. The van der Waals surface area contributed by atoms with Gasteiger partial charge in [0.05, 0.1) is 35.1 Å². The van der Waals surface area contributed by atoms with Crippen molar-refractivity contribution < 1.29 is 9.59 Å². The number of imidazole rings is 1. The van der Waals surface area contributed by atoms with Crippen LogP contribution in [0.25, 0.3) is 16.6 Å². The number of aromatic nitrogens is 3. The van der Waals surface area contributed by atoms with E-state index in [1.54, 1.807) is 12.1 Å². The number of imide groups is 1. The van der Waals surface area contributed by atoms with Gasteiger partial charge in [-0.15, -0.1) is 0 Å². The smallest absolute Gasteiger partial charge is 0.331 e. The number of hydrogen-bond acceptors (Lipinski definition) is 6. The number of carbonyl (C=O) groups excluding carboxylic acids is 2. The molecule has 3 aliphatic rings. The van der Waals surface area contributed by atoms with Gasteiger partial charge in [0.2, 0.25) is 5.91 Å². The Morgan fingerprint density at radius 3 is 2.64 bits per heavy atom. The number of benzene rings is 2. The van der Waals surface area contributed by atoms with Crippen LogP contribution < -0.4 is 10.2 Å². The maximum absolute atomic E-state index is 12.8. The number of nitrogens with zero attached hydrogens (tertiary/aromatic N) is 6. The normalized spacial score (nSPS) is 19.7. The topological polar surface area (TPSA) is 107 Å². The Balaban J connectivity index is 1.04. The van der Waals surface area contributed by atoms with Gasteiger partial charge in [-0.2, -0.15) is 5.26 Å². The van der Waals surface area contributed by atoms with E-state index in [4.69, 9.17) is 21.6 Å². The molecule has 0 radical (unpaired) electrons.